The zero-order valence-electron chi connectivity index (χ0n) is 16.1. The zero-order chi connectivity index (χ0) is 20.1. The summed E-state index contributed by atoms with van der Waals surface area (Å²) >= 11 is 0. The molecule has 0 heterocycles. The number of ether oxygens (including phenoxy) is 1. The Balaban J connectivity index is 1.68. The van der Waals surface area contributed by atoms with E-state index in [1.807, 2.05) is 38.1 Å². The fourth-order valence-electron chi connectivity index (χ4n) is 2.73. The van der Waals surface area contributed by atoms with Crippen molar-refractivity contribution in [3.63, 3.8) is 0 Å². The van der Waals surface area contributed by atoms with Crippen LogP contribution in [0, 0.1) is 13.8 Å². The molecular weight excluding hydrogens is 352 g/mol. The molecule has 0 aliphatic carbocycles. The summed E-state index contributed by atoms with van der Waals surface area (Å²) in [6, 6.07) is 19.5. The van der Waals surface area contributed by atoms with Gasteiger partial charge >= 0.3 is 0 Å². The summed E-state index contributed by atoms with van der Waals surface area (Å²) in [7, 11) is 1.55. The van der Waals surface area contributed by atoms with Crippen molar-refractivity contribution in [2.75, 3.05) is 17.7 Å². The number of anilines is 2. The van der Waals surface area contributed by atoms with Gasteiger partial charge in [0.2, 0.25) is 0 Å². The smallest absolute Gasteiger partial charge is 0.255 e. The molecule has 3 aromatic carbocycles. The Bertz CT molecular complexity index is 1010. The normalized spacial score (nSPS) is 10.2. The van der Waals surface area contributed by atoms with E-state index in [1.165, 1.54) is 0 Å². The molecule has 28 heavy (non-hydrogen) atoms. The van der Waals surface area contributed by atoms with Crippen LogP contribution in [0.2, 0.25) is 0 Å². The fraction of sp³-hybridized carbons (Fsp3) is 0.130. The van der Waals surface area contributed by atoms with Gasteiger partial charge < -0.3 is 15.4 Å². The van der Waals surface area contributed by atoms with E-state index >= 15 is 0 Å². The number of methoxy groups -OCH3 is 1. The van der Waals surface area contributed by atoms with Crippen LogP contribution < -0.4 is 15.4 Å². The highest BCUT2D eigenvalue weighted by molar-refractivity contribution is 6.06. The van der Waals surface area contributed by atoms with Crippen LogP contribution in [0.15, 0.2) is 66.7 Å². The lowest BCUT2D eigenvalue weighted by Gasteiger charge is -2.11. The number of nitrogens with one attached hydrogen (secondary N) is 2. The molecule has 0 unspecified atom stereocenters. The number of aryl methyl sites for hydroxylation is 2. The first-order valence-corrected chi connectivity index (χ1v) is 8.91. The molecule has 0 saturated heterocycles. The molecule has 2 N–H and O–H groups in total. The van der Waals surface area contributed by atoms with Gasteiger partial charge in [-0.2, -0.15) is 0 Å². The fourth-order valence-corrected chi connectivity index (χ4v) is 2.73. The van der Waals surface area contributed by atoms with Gasteiger partial charge in [-0.05, 0) is 73.5 Å². The molecule has 0 saturated carbocycles. The Labute approximate surface area is 164 Å². The van der Waals surface area contributed by atoms with E-state index in [-0.39, 0.29) is 11.8 Å². The Kier molecular flexibility index (Phi) is 5.75. The lowest BCUT2D eigenvalue weighted by molar-refractivity contribution is 0.101. The summed E-state index contributed by atoms with van der Waals surface area (Å²) in [5, 5.41) is 5.67. The molecule has 3 rings (SSSR count). The minimum absolute atomic E-state index is 0.186. The third kappa shape index (κ3) is 4.38. The van der Waals surface area contributed by atoms with Gasteiger partial charge in [-0.15, -0.1) is 0 Å². The first kappa shape index (κ1) is 19.2. The molecule has 0 radical (unpaired) electrons. The summed E-state index contributed by atoms with van der Waals surface area (Å²) in [6.45, 7) is 3.98. The second kappa shape index (κ2) is 8.39. The van der Waals surface area contributed by atoms with Crippen molar-refractivity contribution >= 4 is 23.2 Å². The van der Waals surface area contributed by atoms with Crippen LogP contribution in [0.1, 0.15) is 31.8 Å². The first-order valence-electron chi connectivity index (χ1n) is 8.91. The number of hydrogen-bond donors (Lipinski definition) is 2. The average Bonchev–Trinajstić information content (AvgIpc) is 2.71. The van der Waals surface area contributed by atoms with Crippen molar-refractivity contribution < 1.29 is 14.3 Å². The summed E-state index contributed by atoms with van der Waals surface area (Å²) in [5.41, 5.74) is 4.51. The summed E-state index contributed by atoms with van der Waals surface area (Å²) in [5.74, 6) is 0.152. The SMILES string of the molecule is COc1ccccc1NC(=O)c1ccc(NC(=O)c2ccc(C)c(C)c2)cc1. The van der Waals surface area contributed by atoms with Crippen LogP contribution in [0.5, 0.6) is 5.75 Å². The number of para-hydroxylation sites is 2. The van der Waals surface area contributed by atoms with E-state index < -0.39 is 0 Å². The van der Waals surface area contributed by atoms with Crippen molar-refractivity contribution in [2.45, 2.75) is 13.8 Å². The third-order valence-electron chi connectivity index (χ3n) is 4.53. The summed E-state index contributed by atoms with van der Waals surface area (Å²) in [6.07, 6.45) is 0. The summed E-state index contributed by atoms with van der Waals surface area (Å²) in [4.78, 5) is 24.9. The maximum Gasteiger partial charge on any atom is 0.255 e. The van der Waals surface area contributed by atoms with Gasteiger partial charge in [-0.1, -0.05) is 18.2 Å². The molecule has 3 aromatic rings. The molecular formula is C23H22N2O3. The van der Waals surface area contributed by atoms with Gasteiger partial charge in [-0.25, -0.2) is 0 Å². The Morgan fingerprint density at radius 3 is 2.07 bits per heavy atom. The van der Waals surface area contributed by atoms with Gasteiger partial charge in [0.15, 0.2) is 0 Å². The number of carbonyl (C=O) groups is 2. The molecule has 2 amide bonds. The van der Waals surface area contributed by atoms with E-state index in [1.54, 1.807) is 49.6 Å². The molecule has 5 nitrogen and oxygen atoms in total. The third-order valence-corrected chi connectivity index (χ3v) is 4.53. The minimum Gasteiger partial charge on any atom is -0.495 e. The maximum atomic E-state index is 12.5. The van der Waals surface area contributed by atoms with Crippen molar-refractivity contribution in [1.29, 1.82) is 0 Å². The van der Waals surface area contributed by atoms with E-state index in [9.17, 15) is 9.59 Å². The number of amides is 2. The van der Waals surface area contributed by atoms with E-state index in [0.717, 1.165) is 11.1 Å². The highest BCUT2D eigenvalue weighted by atomic mass is 16.5. The highest BCUT2D eigenvalue weighted by Gasteiger charge is 2.11. The molecule has 5 heteroatoms. The van der Waals surface area contributed by atoms with Gasteiger partial charge in [-0.3, -0.25) is 9.59 Å². The lowest BCUT2D eigenvalue weighted by Crippen LogP contribution is -2.14. The maximum absolute atomic E-state index is 12.5. The number of carbonyl (C=O) groups excluding carboxylic acids is 2. The molecule has 0 aromatic heterocycles. The first-order chi connectivity index (χ1) is 13.5. The highest BCUT2D eigenvalue weighted by Crippen LogP contribution is 2.24. The predicted octanol–water partition coefficient (Wildman–Crippen LogP) is 4.82. The van der Waals surface area contributed by atoms with E-state index in [4.69, 9.17) is 4.74 Å². The monoisotopic (exact) mass is 374 g/mol. The molecule has 0 spiro atoms. The molecule has 0 fully saturated rings. The van der Waals surface area contributed by atoms with Crippen molar-refractivity contribution in [3.05, 3.63) is 89.0 Å². The second-order valence-electron chi connectivity index (χ2n) is 6.48. The van der Waals surface area contributed by atoms with Crippen LogP contribution in [-0.2, 0) is 0 Å². The van der Waals surface area contributed by atoms with Crippen molar-refractivity contribution in [2.24, 2.45) is 0 Å². The van der Waals surface area contributed by atoms with Gasteiger partial charge in [0.25, 0.3) is 11.8 Å². The second-order valence-corrected chi connectivity index (χ2v) is 6.48. The van der Waals surface area contributed by atoms with Gasteiger partial charge in [0.05, 0.1) is 12.8 Å². The molecule has 0 aliphatic rings. The topological polar surface area (TPSA) is 67.4 Å². The van der Waals surface area contributed by atoms with Crippen LogP contribution in [-0.4, -0.2) is 18.9 Å². The van der Waals surface area contributed by atoms with Crippen LogP contribution in [0.25, 0.3) is 0 Å². The zero-order valence-corrected chi connectivity index (χ0v) is 16.1. The van der Waals surface area contributed by atoms with Crippen LogP contribution in [0.4, 0.5) is 11.4 Å². The average molecular weight is 374 g/mol. The van der Waals surface area contributed by atoms with E-state index in [0.29, 0.717) is 28.3 Å². The number of hydrogen-bond acceptors (Lipinski definition) is 3. The van der Waals surface area contributed by atoms with Gasteiger partial charge in [0, 0.05) is 16.8 Å². The lowest BCUT2D eigenvalue weighted by atomic mass is 10.1. The van der Waals surface area contributed by atoms with E-state index in [2.05, 4.69) is 10.6 Å². The molecule has 0 aliphatic heterocycles. The number of benzene rings is 3. The molecule has 0 atom stereocenters. The standard InChI is InChI=1S/C23H22N2O3/c1-15-8-9-18(14-16(15)2)23(27)24-19-12-10-17(11-13-19)22(26)25-20-6-4-5-7-21(20)28-3/h4-14H,1-3H3,(H,24,27)(H,25,26). The summed E-state index contributed by atoms with van der Waals surface area (Å²) < 4.78 is 5.24. The molecule has 0 bridgehead atoms. The minimum atomic E-state index is -0.253. The Hall–Kier alpha value is -3.60. The predicted molar refractivity (Wildman–Crippen MR) is 111 cm³/mol. The molecule has 142 valence electrons. The van der Waals surface area contributed by atoms with Gasteiger partial charge in [0.1, 0.15) is 5.75 Å². The van der Waals surface area contributed by atoms with Crippen molar-refractivity contribution in [3.8, 4) is 5.75 Å². The largest absolute Gasteiger partial charge is 0.495 e. The van der Waals surface area contributed by atoms with Crippen molar-refractivity contribution in [1.82, 2.24) is 0 Å². The quantitative estimate of drug-likeness (QED) is 0.673. The van der Waals surface area contributed by atoms with Crippen LogP contribution in [0.3, 0.4) is 0 Å². The van der Waals surface area contributed by atoms with Crippen LogP contribution >= 0.6 is 0 Å². The Morgan fingerprint density at radius 2 is 1.39 bits per heavy atom. The Morgan fingerprint density at radius 1 is 0.750 bits per heavy atom. The number of rotatable bonds is 5.